The molecule has 1 rings (SSSR count). The molecule has 16 heavy (non-hydrogen) atoms. The lowest BCUT2D eigenvalue weighted by Crippen LogP contribution is -2.25. The summed E-state index contributed by atoms with van der Waals surface area (Å²) in [6, 6.07) is 3.35. The number of halogens is 1. The molecule has 0 radical (unpaired) electrons. The number of hydrogen-bond acceptors (Lipinski definition) is 3. The summed E-state index contributed by atoms with van der Waals surface area (Å²) in [7, 11) is 1.49. The number of carbonyl (C=O) groups excluding carboxylic acids is 1. The lowest BCUT2D eigenvalue weighted by molar-refractivity contribution is -0.387. The van der Waals surface area contributed by atoms with Crippen molar-refractivity contribution < 1.29 is 14.1 Å². The van der Waals surface area contributed by atoms with E-state index in [-0.39, 0.29) is 12.3 Å². The molecule has 0 atom stereocenters. The highest BCUT2D eigenvalue weighted by molar-refractivity contribution is 5.92. The molecule has 86 valence electrons. The third-order valence-electron chi connectivity index (χ3n) is 2.19. The molecule has 0 aliphatic rings. The number of carbonyl (C=O) groups is 1. The van der Waals surface area contributed by atoms with E-state index in [4.69, 9.17) is 0 Å². The van der Waals surface area contributed by atoms with Crippen molar-refractivity contribution in [3.05, 3.63) is 34.1 Å². The minimum Gasteiger partial charge on any atom is -0.315 e. The van der Waals surface area contributed by atoms with Crippen LogP contribution in [0, 0.1) is 15.9 Å². The molecule has 1 amide bonds. The number of nitro benzene ring substituents is 1. The maximum absolute atomic E-state index is 13.0. The van der Waals surface area contributed by atoms with Gasteiger partial charge in [0.05, 0.1) is 10.6 Å². The highest BCUT2D eigenvalue weighted by Gasteiger charge is 2.17. The highest BCUT2D eigenvalue weighted by Crippen LogP contribution is 2.24. The average molecular weight is 226 g/mol. The zero-order valence-corrected chi connectivity index (χ0v) is 8.94. The van der Waals surface area contributed by atoms with Gasteiger partial charge in [0.25, 0.3) is 0 Å². The van der Waals surface area contributed by atoms with E-state index >= 15 is 0 Å². The smallest absolute Gasteiger partial charge is 0.306 e. The molecule has 0 aliphatic carbocycles. The van der Waals surface area contributed by atoms with Crippen LogP contribution in [0.4, 0.5) is 15.8 Å². The zero-order chi connectivity index (χ0) is 12.3. The Kier molecular flexibility index (Phi) is 3.55. The van der Waals surface area contributed by atoms with Crippen molar-refractivity contribution in [1.29, 1.82) is 0 Å². The molecule has 0 heterocycles. The van der Waals surface area contributed by atoms with Gasteiger partial charge in [0.2, 0.25) is 11.7 Å². The molecule has 0 N–H and O–H groups in total. The third-order valence-corrected chi connectivity index (χ3v) is 2.19. The largest absolute Gasteiger partial charge is 0.315 e. The second-order valence-electron chi connectivity index (χ2n) is 3.20. The maximum atomic E-state index is 13.0. The molecule has 0 saturated carbocycles. The number of nitro groups is 1. The number of amides is 1. The third kappa shape index (κ3) is 2.33. The first kappa shape index (κ1) is 12.1. The summed E-state index contributed by atoms with van der Waals surface area (Å²) in [5.74, 6) is -1.10. The Labute approximate surface area is 91.6 Å². The molecule has 0 fully saturated rings. The summed E-state index contributed by atoms with van der Waals surface area (Å²) in [6.45, 7) is 1.68. The Morgan fingerprint density at radius 2 is 2.19 bits per heavy atom. The summed E-state index contributed by atoms with van der Waals surface area (Å²) in [4.78, 5) is 22.3. The van der Waals surface area contributed by atoms with E-state index in [1.54, 1.807) is 6.92 Å². The molecule has 0 spiro atoms. The molecule has 0 aliphatic heterocycles. The second-order valence-corrected chi connectivity index (χ2v) is 3.20. The van der Waals surface area contributed by atoms with E-state index in [2.05, 4.69) is 0 Å². The molecule has 0 bridgehead atoms. The molecule has 0 aromatic heterocycles. The van der Waals surface area contributed by atoms with E-state index in [0.717, 1.165) is 12.1 Å². The quantitative estimate of drug-likeness (QED) is 0.585. The van der Waals surface area contributed by atoms with Gasteiger partial charge in [0.15, 0.2) is 0 Å². The van der Waals surface area contributed by atoms with Crippen LogP contribution in [0.3, 0.4) is 0 Å². The van der Waals surface area contributed by atoms with E-state index in [1.165, 1.54) is 18.0 Å². The number of nitrogens with zero attached hydrogens (tertiary/aromatic N) is 2. The molecule has 0 saturated heterocycles. The van der Waals surface area contributed by atoms with Gasteiger partial charge in [-0.2, -0.15) is 4.39 Å². The first-order valence-corrected chi connectivity index (χ1v) is 4.67. The first-order valence-electron chi connectivity index (χ1n) is 4.67. The Balaban J connectivity index is 3.12. The van der Waals surface area contributed by atoms with Gasteiger partial charge in [0.1, 0.15) is 0 Å². The fourth-order valence-corrected chi connectivity index (χ4v) is 1.23. The van der Waals surface area contributed by atoms with Gasteiger partial charge < -0.3 is 4.90 Å². The summed E-state index contributed by atoms with van der Waals surface area (Å²) in [6.07, 6.45) is 0.279. The molecule has 6 heteroatoms. The van der Waals surface area contributed by atoms with Crippen LogP contribution < -0.4 is 4.90 Å². The van der Waals surface area contributed by atoms with E-state index < -0.39 is 16.4 Å². The standard InChI is InChI=1S/C10H11FN2O3/c1-3-10(14)12(2)7-4-5-8(11)9(6-7)13(15)16/h4-6H,3H2,1-2H3. The van der Waals surface area contributed by atoms with Crippen molar-refractivity contribution in [2.75, 3.05) is 11.9 Å². The Morgan fingerprint density at radius 1 is 1.56 bits per heavy atom. The van der Waals surface area contributed by atoms with Crippen molar-refractivity contribution in [3.63, 3.8) is 0 Å². The van der Waals surface area contributed by atoms with Crippen LogP contribution in [-0.2, 0) is 4.79 Å². The molecular formula is C10H11FN2O3. The monoisotopic (exact) mass is 226 g/mol. The predicted octanol–water partition coefficient (Wildman–Crippen LogP) is 2.11. The van der Waals surface area contributed by atoms with E-state index in [1.807, 2.05) is 0 Å². The highest BCUT2D eigenvalue weighted by atomic mass is 19.1. The summed E-state index contributed by atoms with van der Waals surface area (Å²) in [5.41, 5.74) is -0.326. The topological polar surface area (TPSA) is 63.5 Å². The van der Waals surface area contributed by atoms with Crippen LogP contribution in [0.5, 0.6) is 0 Å². The molecular weight excluding hydrogens is 215 g/mol. The van der Waals surface area contributed by atoms with Crippen LogP contribution in [-0.4, -0.2) is 17.9 Å². The molecule has 1 aromatic carbocycles. The van der Waals surface area contributed by atoms with Crippen molar-refractivity contribution in [1.82, 2.24) is 0 Å². The van der Waals surface area contributed by atoms with Crippen LogP contribution in [0.15, 0.2) is 18.2 Å². The maximum Gasteiger partial charge on any atom is 0.306 e. The molecule has 5 nitrogen and oxygen atoms in total. The minimum absolute atomic E-state index is 0.194. The van der Waals surface area contributed by atoms with Gasteiger partial charge in [-0.1, -0.05) is 6.92 Å². The zero-order valence-electron chi connectivity index (χ0n) is 8.94. The SMILES string of the molecule is CCC(=O)N(C)c1ccc(F)c([N+](=O)[O-])c1. The van der Waals surface area contributed by atoms with E-state index in [0.29, 0.717) is 5.69 Å². The van der Waals surface area contributed by atoms with Gasteiger partial charge in [-0.15, -0.1) is 0 Å². The lowest BCUT2D eigenvalue weighted by Gasteiger charge is -2.15. The van der Waals surface area contributed by atoms with Crippen molar-refractivity contribution in [2.45, 2.75) is 13.3 Å². The molecule has 0 unspecified atom stereocenters. The fraction of sp³-hybridized carbons (Fsp3) is 0.300. The van der Waals surface area contributed by atoms with Gasteiger partial charge >= 0.3 is 5.69 Å². The van der Waals surface area contributed by atoms with Gasteiger partial charge in [-0.05, 0) is 12.1 Å². The van der Waals surface area contributed by atoms with Crippen LogP contribution in [0.2, 0.25) is 0 Å². The Hall–Kier alpha value is -1.98. The summed E-state index contributed by atoms with van der Waals surface area (Å²) >= 11 is 0. The number of anilines is 1. The molecule has 1 aromatic rings. The first-order chi connectivity index (χ1) is 7.47. The van der Waals surface area contributed by atoms with Gasteiger partial charge in [-0.3, -0.25) is 14.9 Å². The average Bonchev–Trinajstić information content (AvgIpc) is 2.27. The van der Waals surface area contributed by atoms with Gasteiger partial charge in [-0.25, -0.2) is 0 Å². The number of rotatable bonds is 3. The summed E-state index contributed by atoms with van der Waals surface area (Å²) < 4.78 is 13.0. The summed E-state index contributed by atoms with van der Waals surface area (Å²) in [5, 5.41) is 10.5. The Bertz CT molecular complexity index is 434. The second kappa shape index (κ2) is 4.69. The number of benzene rings is 1. The Morgan fingerprint density at radius 3 is 2.69 bits per heavy atom. The lowest BCUT2D eigenvalue weighted by atomic mass is 10.2. The van der Waals surface area contributed by atoms with Crippen LogP contribution in [0.1, 0.15) is 13.3 Å². The van der Waals surface area contributed by atoms with Crippen molar-refractivity contribution >= 4 is 17.3 Å². The fourth-order valence-electron chi connectivity index (χ4n) is 1.23. The van der Waals surface area contributed by atoms with Crippen molar-refractivity contribution in [2.24, 2.45) is 0 Å². The normalized spacial score (nSPS) is 9.94. The van der Waals surface area contributed by atoms with E-state index in [9.17, 15) is 19.3 Å². The predicted molar refractivity (Wildman–Crippen MR) is 56.8 cm³/mol. The van der Waals surface area contributed by atoms with Crippen molar-refractivity contribution in [3.8, 4) is 0 Å². The number of hydrogen-bond donors (Lipinski definition) is 0. The minimum atomic E-state index is -0.911. The van der Waals surface area contributed by atoms with Crippen LogP contribution >= 0.6 is 0 Å². The van der Waals surface area contributed by atoms with Gasteiger partial charge in [0, 0.05) is 19.5 Å². The van der Waals surface area contributed by atoms with Crippen LogP contribution in [0.25, 0.3) is 0 Å².